The van der Waals surface area contributed by atoms with Crippen LogP contribution in [0.2, 0.25) is 0 Å². The first-order valence-electron chi connectivity index (χ1n) is 19.0. The zero-order chi connectivity index (χ0) is 37.7. The molecule has 0 aliphatic carbocycles. The maximum Gasteiger partial charge on any atom is 0.328 e. The van der Waals surface area contributed by atoms with Gasteiger partial charge in [0.05, 0.1) is 19.6 Å². The Hall–Kier alpha value is -4.19. The first-order chi connectivity index (χ1) is 25.7. The number of benzene rings is 2. The van der Waals surface area contributed by atoms with E-state index in [9.17, 15) is 28.8 Å². The van der Waals surface area contributed by atoms with Crippen LogP contribution in [0.15, 0.2) is 60.7 Å². The van der Waals surface area contributed by atoms with Crippen LogP contribution in [0, 0.1) is 17.8 Å². The monoisotopic (exact) mass is 747 g/mol. The number of ether oxygens (including phenoxy) is 2. The third-order valence-corrected chi connectivity index (χ3v) is 12.2. The quantitative estimate of drug-likeness (QED) is 0.256. The molecule has 3 fully saturated rings. The number of nitrogens with zero attached hydrogens (tertiary/aromatic N) is 2. The number of carbonyl (C=O) groups excluding carboxylic acids is 6. The predicted octanol–water partition coefficient (Wildman–Crippen LogP) is 4.75. The molecule has 53 heavy (non-hydrogen) atoms. The van der Waals surface area contributed by atoms with Crippen molar-refractivity contribution in [2.75, 3.05) is 33.1 Å². The topological polar surface area (TPSA) is 139 Å². The normalized spacial score (nSPS) is 23.1. The molecule has 2 aromatic carbocycles. The van der Waals surface area contributed by atoms with Gasteiger partial charge in [0, 0.05) is 30.7 Å². The van der Waals surface area contributed by atoms with Crippen LogP contribution in [0.5, 0.6) is 0 Å². The zero-order valence-electron chi connectivity index (χ0n) is 30.9. The molecule has 0 unspecified atom stereocenters. The summed E-state index contributed by atoms with van der Waals surface area (Å²) in [5.41, 5.74) is 1.96. The maximum absolute atomic E-state index is 14.3. The Balaban J connectivity index is 1.33. The van der Waals surface area contributed by atoms with Crippen molar-refractivity contribution in [2.45, 2.75) is 94.5 Å². The second-order valence-electron chi connectivity index (χ2n) is 14.4. The molecule has 2 aromatic rings. The summed E-state index contributed by atoms with van der Waals surface area (Å²) in [7, 11) is 2.63. The largest absolute Gasteiger partial charge is 0.468 e. The first-order valence-corrected chi connectivity index (χ1v) is 20.0. The van der Waals surface area contributed by atoms with E-state index < -0.39 is 41.8 Å². The van der Waals surface area contributed by atoms with E-state index in [1.54, 1.807) is 16.7 Å². The Morgan fingerprint density at radius 1 is 0.792 bits per heavy atom. The summed E-state index contributed by atoms with van der Waals surface area (Å²) < 4.78 is 9.86. The number of rotatable bonds is 15. The molecular formula is C41H53N3O8S. The van der Waals surface area contributed by atoms with E-state index in [1.165, 1.54) is 19.1 Å². The lowest BCUT2D eigenvalue weighted by atomic mass is 9.82. The van der Waals surface area contributed by atoms with Crippen molar-refractivity contribution >= 4 is 47.2 Å². The highest BCUT2D eigenvalue weighted by Crippen LogP contribution is 2.38. The number of thioether (sulfide) groups is 1. The number of amides is 3. The van der Waals surface area contributed by atoms with E-state index in [4.69, 9.17) is 9.47 Å². The van der Waals surface area contributed by atoms with Gasteiger partial charge in [-0.2, -0.15) is 0 Å². The molecule has 3 heterocycles. The van der Waals surface area contributed by atoms with E-state index in [-0.39, 0.29) is 41.8 Å². The van der Waals surface area contributed by atoms with E-state index in [1.807, 2.05) is 60.7 Å². The number of esters is 2. The molecule has 11 nitrogen and oxygen atoms in total. The van der Waals surface area contributed by atoms with Gasteiger partial charge in [0.25, 0.3) is 0 Å². The van der Waals surface area contributed by atoms with E-state index in [0.717, 1.165) is 42.6 Å². The lowest BCUT2D eigenvalue weighted by molar-refractivity contribution is -0.157. The molecule has 0 radical (unpaired) electrons. The lowest BCUT2D eigenvalue weighted by Crippen LogP contribution is -2.53. The zero-order valence-corrected chi connectivity index (χ0v) is 31.7. The molecule has 6 atom stereocenters. The summed E-state index contributed by atoms with van der Waals surface area (Å²) in [5, 5.41) is 2.91. The molecule has 286 valence electrons. The van der Waals surface area contributed by atoms with Crippen LogP contribution in [0.25, 0.3) is 0 Å². The fraction of sp³-hybridized carbons (Fsp3) is 0.561. The molecule has 12 heteroatoms. The number of hydrogen-bond acceptors (Lipinski definition) is 9. The number of hydrogen-bond donors (Lipinski definition) is 1. The molecular weight excluding hydrogens is 695 g/mol. The smallest absolute Gasteiger partial charge is 0.328 e. The summed E-state index contributed by atoms with van der Waals surface area (Å²) in [6.07, 6.45) is 6.42. The summed E-state index contributed by atoms with van der Waals surface area (Å²) in [6.45, 7) is 0.253. The Labute approximate surface area is 316 Å². The van der Waals surface area contributed by atoms with Gasteiger partial charge >= 0.3 is 11.9 Å². The third-order valence-electron chi connectivity index (χ3n) is 10.9. The second kappa shape index (κ2) is 19.8. The molecule has 0 saturated carbocycles. The SMILES string of the molecule is COC(=O)CN1CCCC[C@H](NC(=O)[C@H](CC[C@H](Cc2ccccc2)C(=O)C[C@H]2CCS[C@H]3CCC[C@@H](C(=O)OC)N3C2=O)Cc2ccccc2)C1=O. The van der Waals surface area contributed by atoms with Crippen LogP contribution < -0.4 is 5.32 Å². The Kier molecular flexibility index (Phi) is 14.9. The van der Waals surface area contributed by atoms with Gasteiger partial charge in [-0.25, -0.2) is 4.79 Å². The molecule has 0 aromatic heterocycles. The van der Waals surface area contributed by atoms with Gasteiger partial charge in [-0.3, -0.25) is 24.0 Å². The summed E-state index contributed by atoms with van der Waals surface area (Å²) in [4.78, 5) is 83.9. The highest BCUT2D eigenvalue weighted by atomic mass is 32.2. The van der Waals surface area contributed by atoms with Crippen LogP contribution in [-0.2, 0) is 51.1 Å². The molecule has 3 aliphatic heterocycles. The van der Waals surface area contributed by atoms with Gasteiger partial charge < -0.3 is 24.6 Å². The van der Waals surface area contributed by atoms with Crippen LogP contribution in [0.1, 0.15) is 75.3 Å². The summed E-state index contributed by atoms with van der Waals surface area (Å²) >= 11 is 1.67. The van der Waals surface area contributed by atoms with Crippen molar-refractivity contribution in [3.63, 3.8) is 0 Å². The Morgan fingerprint density at radius 2 is 1.45 bits per heavy atom. The first kappa shape index (κ1) is 40.0. The van der Waals surface area contributed by atoms with E-state index in [0.29, 0.717) is 51.5 Å². The molecule has 3 saturated heterocycles. The van der Waals surface area contributed by atoms with Crippen molar-refractivity contribution in [1.29, 1.82) is 0 Å². The van der Waals surface area contributed by atoms with Crippen molar-refractivity contribution in [1.82, 2.24) is 15.1 Å². The highest BCUT2D eigenvalue weighted by Gasteiger charge is 2.44. The van der Waals surface area contributed by atoms with Gasteiger partial charge in [-0.1, -0.05) is 60.7 Å². The molecule has 3 aliphatic rings. The number of ketones is 1. The average molecular weight is 748 g/mol. The van der Waals surface area contributed by atoms with E-state index in [2.05, 4.69) is 5.32 Å². The van der Waals surface area contributed by atoms with Crippen molar-refractivity contribution in [3.05, 3.63) is 71.8 Å². The van der Waals surface area contributed by atoms with Crippen molar-refractivity contribution in [2.24, 2.45) is 17.8 Å². The fourth-order valence-electron chi connectivity index (χ4n) is 7.88. The van der Waals surface area contributed by atoms with Gasteiger partial charge in [0.15, 0.2) is 0 Å². The highest BCUT2D eigenvalue weighted by molar-refractivity contribution is 7.99. The maximum atomic E-state index is 14.3. The van der Waals surface area contributed by atoms with E-state index >= 15 is 0 Å². The van der Waals surface area contributed by atoms with Crippen LogP contribution in [0.3, 0.4) is 0 Å². The van der Waals surface area contributed by atoms with Gasteiger partial charge in [-0.05, 0) is 87.5 Å². The number of Topliss-reactive ketones (excluding diaryl/α,β-unsaturated/α-hetero) is 1. The van der Waals surface area contributed by atoms with Crippen LogP contribution >= 0.6 is 11.8 Å². The fourth-order valence-corrected chi connectivity index (χ4v) is 9.32. The molecule has 5 rings (SSSR count). The summed E-state index contributed by atoms with van der Waals surface area (Å²) in [6, 6.07) is 18.1. The van der Waals surface area contributed by atoms with Crippen LogP contribution in [0.4, 0.5) is 0 Å². The number of likely N-dealkylation sites (tertiary alicyclic amines) is 1. The third kappa shape index (κ3) is 10.9. The van der Waals surface area contributed by atoms with Gasteiger partial charge in [0.2, 0.25) is 17.7 Å². The van der Waals surface area contributed by atoms with Crippen molar-refractivity contribution < 1.29 is 38.2 Å². The number of piperidine rings is 1. The minimum Gasteiger partial charge on any atom is -0.468 e. The minimum atomic E-state index is -0.763. The second-order valence-corrected chi connectivity index (χ2v) is 15.7. The molecule has 0 spiro atoms. The number of nitrogens with one attached hydrogen (secondary N) is 1. The average Bonchev–Trinajstić information content (AvgIpc) is 3.45. The molecule has 1 N–H and O–H groups in total. The standard InChI is InChI=1S/C41H53N3O8S/c1-51-37(46)27-43-22-10-9-16-33(40(43)49)42-38(47)31(25-29-14-7-4-8-15-29)20-19-30(24-28-12-5-3-6-13-28)35(45)26-32-21-23-53-36-18-11-17-34(41(50)52-2)44(36)39(32)48/h3-8,12-15,30-34,36H,9-11,16-27H2,1-2H3,(H,42,47)/t30-,31-,32-,33+,34+,36+/m1/s1. The van der Waals surface area contributed by atoms with Crippen LogP contribution in [-0.4, -0.2) is 95.8 Å². The van der Waals surface area contributed by atoms with Gasteiger partial charge in [-0.15, -0.1) is 11.8 Å². The predicted molar refractivity (Wildman–Crippen MR) is 201 cm³/mol. The lowest BCUT2D eigenvalue weighted by Gasteiger charge is -2.40. The Bertz CT molecular complexity index is 1570. The number of fused-ring (bicyclic) bond motifs is 1. The van der Waals surface area contributed by atoms with Crippen molar-refractivity contribution in [3.8, 4) is 0 Å². The Morgan fingerprint density at radius 3 is 2.11 bits per heavy atom. The molecule has 0 bridgehead atoms. The summed E-state index contributed by atoms with van der Waals surface area (Å²) in [5.74, 6) is -2.47. The van der Waals surface area contributed by atoms with Gasteiger partial charge in [0.1, 0.15) is 24.4 Å². The number of carbonyl (C=O) groups is 6. The minimum absolute atomic E-state index is 0.0291. The number of methoxy groups -OCH3 is 2. The molecule has 3 amide bonds.